The lowest BCUT2D eigenvalue weighted by atomic mass is 9.99. The van der Waals surface area contributed by atoms with Crippen LogP contribution in [0.3, 0.4) is 0 Å². The number of benzene rings is 2. The number of likely N-dealkylation sites (N-methyl/N-ethyl adjacent to an activating group) is 2. The third-order valence-corrected chi connectivity index (χ3v) is 10.1. The van der Waals surface area contributed by atoms with Crippen LogP contribution in [0.2, 0.25) is 5.15 Å². The molecule has 0 aliphatic carbocycles. The topological polar surface area (TPSA) is 190 Å². The first-order chi connectivity index (χ1) is 26.8. The maximum Gasteiger partial charge on any atom is 0.274 e. The van der Waals surface area contributed by atoms with E-state index in [2.05, 4.69) is 50.2 Å². The first kappa shape index (κ1) is 44.0. The van der Waals surface area contributed by atoms with Crippen LogP contribution in [0, 0.1) is 0 Å². The van der Waals surface area contributed by atoms with E-state index in [1.165, 1.54) is 11.1 Å². The van der Waals surface area contributed by atoms with Crippen molar-refractivity contribution in [1.82, 2.24) is 35.7 Å². The number of aryl methyl sites for hydroxylation is 2. The van der Waals surface area contributed by atoms with Gasteiger partial charge in [0.15, 0.2) is 35.7 Å². The number of ether oxygens (including phenoxy) is 2. The van der Waals surface area contributed by atoms with Gasteiger partial charge in [-0.2, -0.15) is 0 Å². The fourth-order valence-electron chi connectivity index (χ4n) is 6.80. The minimum Gasteiger partial charge on any atom is -0.484 e. The van der Waals surface area contributed by atoms with Gasteiger partial charge >= 0.3 is 0 Å². The van der Waals surface area contributed by atoms with E-state index in [9.17, 15) is 14.4 Å². The summed E-state index contributed by atoms with van der Waals surface area (Å²) in [5.74, 6) is 0.534. The molecule has 4 rings (SSSR count). The van der Waals surface area contributed by atoms with Crippen LogP contribution in [0.4, 0.5) is 11.6 Å². The number of likely N-dealkylation sites (tertiary alicyclic amines) is 1. The second kappa shape index (κ2) is 22.1. The van der Waals surface area contributed by atoms with Gasteiger partial charge in [0.25, 0.3) is 17.7 Å². The number of aromatic nitrogens is 2. The lowest BCUT2D eigenvalue weighted by Gasteiger charge is -2.45. The largest absolute Gasteiger partial charge is 0.484 e. The van der Waals surface area contributed by atoms with Crippen molar-refractivity contribution < 1.29 is 28.3 Å². The zero-order chi connectivity index (χ0) is 40.5. The molecule has 3 amide bonds. The van der Waals surface area contributed by atoms with Crippen LogP contribution in [0.5, 0.6) is 11.5 Å². The Balaban J connectivity index is 1.34. The Hall–Kier alpha value is -4.70. The summed E-state index contributed by atoms with van der Waals surface area (Å²) in [6.45, 7) is 6.30. The van der Waals surface area contributed by atoms with Gasteiger partial charge in [0.05, 0.1) is 32.2 Å². The average molecular weight is 796 g/mol. The quantitative estimate of drug-likeness (QED) is 0.0940. The molecule has 306 valence electrons. The molecule has 2 aromatic carbocycles. The molecule has 1 aliphatic rings. The molecule has 56 heavy (non-hydrogen) atoms. The van der Waals surface area contributed by atoms with Crippen molar-refractivity contribution in [1.29, 1.82) is 0 Å². The molecule has 1 saturated heterocycles. The summed E-state index contributed by atoms with van der Waals surface area (Å²) >= 11 is 6.07. The zero-order valence-electron chi connectivity index (χ0n) is 33.3. The number of halogens is 1. The number of rotatable bonds is 22. The molecule has 0 spiro atoms. The lowest BCUT2D eigenvalue weighted by Crippen LogP contribution is -2.60. The van der Waals surface area contributed by atoms with Crippen LogP contribution in [0.1, 0.15) is 47.3 Å². The Bertz CT molecular complexity index is 1630. The van der Waals surface area contributed by atoms with Crippen LogP contribution in [0.15, 0.2) is 48.5 Å². The molecule has 1 aromatic heterocycles. The van der Waals surface area contributed by atoms with Crippen LogP contribution < -0.4 is 36.9 Å². The van der Waals surface area contributed by atoms with Gasteiger partial charge in [0, 0.05) is 39.0 Å². The SMILES string of the molecule is CN(C)CCNC(=O)COc1ccc(CCC[N+]2(CCCc3ccc(OCC(=O)NCCN(C)C)cc3)CCC[C@H](NC(=O)c3nc(Cl)c(N)nc3N)C2)cc1. The number of hydrogen-bond acceptors (Lipinski definition) is 11. The van der Waals surface area contributed by atoms with Crippen molar-refractivity contribution in [3.63, 3.8) is 0 Å². The van der Waals surface area contributed by atoms with E-state index in [4.69, 9.17) is 32.5 Å². The molecule has 1 fully saturated rings. The third kappa shape index (κ3) is 15.1. The molecular formula is C40H60ClN10O5+. The second-order valence-electron chi connectivity index (χ2n) is 15.0. The fraction of sp³-hybridized carbons (Fsp3) is 0.525. The van der Waals surface area contributed by atoms with Gasteiger partial charge in [-0.15, -0.1) is 0 Å². The average Bonchev–Trinajstić information content (AvgIpc) is 3.15. The number of nitrogens with zero attached hydrogens (tertiary/aromatic N) is 5. The molecule has 0 unspecified atom stereocenters. The van der Waals surface area contributed by atoms with Crippen LogP contribution in [0.25, 0.3) is 0 Å². The monoisotopic (exact) mass is 795 g/mol. The van der Waals surface area contributed by atoms with Crippen LogP contribution in [-0.4, -0.2) is 142 Å². The highest BCUT2D eigenvalue weighted by molar-refractivity contribution is 6.31. The smallest absolute Gasteiger partial charge is 0.274 e. The fourth-order valence-corrected chi connectivity index (χ4v) is 6.93. The van der Waals surface area contributed by atoms with Gasteiger partial charge in [-0.05, 0) is 89.3 Å². The van der Waals surface area contributed by atoms with Crippen molar-refractivity contribution in [2.75, 3.05) is 105 Å². The van der Waals surface area contributed by atoms with E-state index in [1.807, 2.05) is 62.3 Å². The minimum atomic E-state index is -0.413. The summed E-state index contributed by atoms with van der Waals surface area (Å²) in [4.78, 5) is 49.6. The van der Waals surface area contributed by atoms with Gasteiger partial charge in [0.1, 0.15) is 11.5 Å². The highest BCUT2D eigenvalue weighted by Gasteiger charge is 2.35. The number of nitrogens with two attached hydrogens (primary N) is 2. The van der Waals surface area contributed by atoms with Crippen LogP contribution >= 0.6 is 11.6 Å². The summed E-state index contributed by atoms with van der Waals surface area (Å²) < 4.78 is 12.3. The van der Waals surface area contributed by atoms with Gasteiger partial charge in [0.2, 0.25) is 0 Å². The molecular weight excluding hydrogens is 736 g/mol. The van der Waals surface area contributed by atoms with Crippen molar-refractivity contribution in [2.24, 2.45) is 0 Å². The Kier molecular flexibility index (Phi) is 17.4. The number of amides is 3. The van der Waals surface area contributed by atoms with E-state index in [0.717, 1.165) is 82.3 Å². The maximum absolute atomic E-state index is 13.3. The molecule has 3 aromatic rings. The Morgan fingerprint density at radius 3 is 1.77 bits per heavy atom. The number of quaternary nitrogens is 1. The first-order valence-corrected chi connectivity index (χ1v) is 19.7. The standard InChI is InChI=1S/C40H59ClN10O5/c1-49(2)21-19-44-34(52)27-55-32-15-11-29(12-16-32)8-5-23-51(25-7-10-31(26-51)46-40(54)36-38(42)48-39(43)37(41)47-36)24-6-9-30-13-17-33(18-14-30)56-28-35(53)45-20-22-50(3)4/h11-18,31H,5-10,19-28H2,1-4H3,(H6-,42,43,44,45,46,48,52,53,54)/p+1/t31-/m0/s1. The van der Waals surface area contributed by atoms with Crippen molar-refractivity contribution in [3.8, 4) is 11.5 Å². The molecule has 1 aliphatic heterocycles. The number of nitrogen functional groups attached to an aromatic ring is 2. The molecule has 7 N–H and O–H groups in total. The van der Waals surface area contributed by atoms with Crippen LogP contribution in [-0.2, 0) is 22.4 Å². The number of piperidine rings is 1. The van der Waals surface area contributed by atoms with E-state index in [0.29, 0.717) is 24.6 Å². The van der Waals surface area contributed by atoms with Crippen molar-refractivity contribution in [2.45, 2.75) is 44.6 Å². The lowest BCUT2D eigenvalue weighted by molar-refractivity contribution is -0.933. The molecule has 16 heteroatoms. The number of nitrogens with one attached hydrogen (secondary N) is 3. The van der Waals surface area contributed by atoms with Gasteiger partial charge < -0.3 is 51.2 Å². The Morgan fingerprint density at radius 1 is 0.786 bits per heavy atom. The van der Waals surface area contributed by atoms with Gasteiger partial charge in [-0.1, -0.05) is 35.9 Å². The Labute approximate surface area is 336 Å². The number of carbonyl (C=O) groups is 3. The number of hydrogen-bond donors (Lipinski definition) is 5. The molecule has 0 radical (unpaired) electrons. The summed E-state index contributed by atoms with van der Waals surface area (Å²) in [5, 5.41) is 8.81. The van der Waals surface area contributed by atoms with Gasteiger partial charge in [-0.25, -0.2) is 9.97 Å². The summed E-state index contributed by atoms with van der Waals surface area (Å²) in [7, 11) is 7.84. The zero-order valence-corrected chi connectivity index (χ0v) is 34.1. The van der Waals surface area contributed by atoms with Gasteiger partial charge in [-0.3, -0.25) is 14.4 Å². The van der Waals surface area contributed by atoms with Crippen molar-refractivity contribution in [3.05, 3.63) is 70.5 Å². The third-order valence-electron chi connectivity index (χ3n) is 9.79. The molecule has 1 atom stereocenters. The summed E-state index contributed by atoms with van der Waals surface area (Å²) in [5.41, 5.74) is 14.1. The highest BCUT2D eigenvalue weighted by atomic mass is 35.5. The maximum atomic E-state index is 13.3. The number of carbonyl (C=O) groups excluding carboxylic acids is 3. The van der Waals surface area contributed by atoms with E-state index in [1.54, 1.807) is 0 Å². The van der Waals surface area contributed by atoms with E-state index >= 15 is 0 Å². The summed E-state index contributed by atoms with van der Waals surface area (Å²) in [6, 6.07) is 15.8. The molecule has 15 nitrogen and oxygen atoms in total. The predicted molar refractivity (Wildman–Crippen MR) is 220 cm³/mol. The van der Waals surface area contributed by atoms with E-state index < -0.39 is 5.91 Å². The second-order valence-corrected chi connectivity index (χ2v) is 15.4. The highest BCUT2D eigenvalue weighted by Crippen LogP contribution is 2.25. The predicted octanol–water partition coefficient (Wildman–Crippen LogP) is 2.38. The molecule has 0 saturated carbocycles. The minimum absolute atomic E-state index is 0.0180. The number of anilines is 2. The Morgan fingerprint density at radius 2 is 1.29 bits per heavy atom. The normalized spacial score (nSPS) is 15.0. The summed E-state index contributed by atoms with van der Waals surface area (Å²) in [6.07, 6.45) is 5.47. The molecule has 0 bridgehead atoms. The first-order valence-electron chi connectivity index (χ1n) is 19.3. The van der Waals surface area contributed by atoms with E-state index in [-0.39, 0.29) is 53.6 Å². The molecule has 2 heterocycles. The van der Waals surface area contributed by atoms with Crippen molar-refractivity contribution >= 4 is 41.0 Å².